The highest BCUT2D eigenvalue weighted by molar-refractivity contribution is 6.08. The number of nitrogens with one attached hydrogen (secondary N) is 1. The van der Waals surface area contributed by atoms with Crippen LogP contribution in [0.5, 0.6) is 11.5 Å². The van der Waals surface area contributed by atoms with Gasteiger partial charge in [-0.3, -0.25) is 14.9 Å². The van der Waals surface area contributed by atoms with Crippen molar-refractivity contribution in [1.29, 1.82) is 0 Å². The Labute approximate surface area is 160 Å². The molecule has 0 atom stereocenters. The summed E-state index contributed by atoms with van der Waals surface area (Å²) >= 11 is 0. The lowest BCUT2D eigenvalue weighted by Gasteiger charge is -2.18. The van der Waals surface area contributed by atoms with Crippen molar-refractivity contribution in [2.45, 2.75) is 6.92 Å². The molecule has 1 aromatic rings. The number of carbonyl (C=O) groups excluding carboxylic acids is 2. The van der Waals surface area contributed by atoms with Gasteiger partial charge < -0.3 is 29.5 Å². The summed E-state index contributed by atoms with van der Waals surface area (Å²) in [7, 11) is 3.84. The van der Waals surface area contributed by atoms with Gasteiger partial charge in [-0.1, -0.05) is 0 Å². The van der Waals surface area contributed by atoms with Crippen molar-refractivity contribution < 1.29 is 33.8 Å². The standard InChI is InChI=1S/C17H21N3O8/c1-9-14(26-2)11(7-12(20(24)25)15(9)27-3)18-13-10(17(23)28-4)8-19(5-6-21)16(13)22/h7,18,21H,5-6,8H2,1-4H3. The van der Waals surface area contributed by atoms with Crippen molar-refractivity contribution in [3.8, 4) is 11.5 Å². The van der Waals surface area contributed by atoms with E-state index in [1.165, 1.54) is 26.2 Å². The average molecular weight is 395 g/mol. The molecule has 11 nitrogen and oxygen atoms in total. The summed E-state index contributed by atoms with van der Waals surface area (Å²) in [4.78, 5) is 36.8. The molecule has 2 N–H and O–H groups in total. The van der Waals surface area contributed by atoms with Crippen LogP contribution in [0.4, 0.5) is 11.4 Å². The second-order valence-electron chi connectivity index (χ2n) is 5.81. The zero-order chi connectivity index (χ0) is 21.0. The summed E-state index contributed by atoms with van der Waals surface area (Å²) in [6.45, 7) is 1.24. The maximum atomic E-state index is 12.6. The molecule has 1 heterocycles. The molecular weight excluding hydrogens is 374 g/mol. The summed E-state index contributed by atoms with van der Waals surface area (Å²) in [5.41, 5.74) is 0.0699. The Balaban J connectivity index is 2.59. The Kier molecular flexibility index (Phi) is 6.41. The number of methoxy groups -OCH3 is 3. The predicted molar refractivity (Wildman–Crippen MR) is 97.3 cm³/mol. The van der Waals surface area contributed by atoms with Gasteiger partial charge in [0.25, 0.3) is 5.91 Å². The van der Waals surface area contributed by atoms with E-state index in [-0.39, 0.29) is 53.8 Å². The fourth-order valence-corrected chi connectivity index (χ4v) is 3.00. The van der Waals surface area contributed by atoms with Crippen molar-refractivity contribution >= 4 is 23.3 Å². The molecule has 0 saturated heterocycles. The molecule has 0 aromatic heterocycles. The maximum absolute atomic E-state index is 12.6. The second kappa shape index (κ2) is 8.57. The second-order valence-corrected chi connectivity index (χ2v) is 5.81. The van der Waals surface area contributed by atoms with Gasteiger partial charge in [-0.15, -0.1) is 0 Å². The first kappa shape index (κ1) is 21.0. The predicted octanol–water partition coefficient (Wildman–Crippen LogP) is 0.594. The topological polar surface area (TPSA) is 140 Å². The molecular formula is C17H21N3O8. The van der Waals surface area contributed by atoms with E-state index in [1.807, 2.05) is 0 Å². The highest BCUT2D eigenvalue weighted by atomic mass is 16.6. The van der Waals surface area contributed by atoms with Crippen LogP contribution in [0, 0.1) is 17.0 Å². The van der Waals surface area contributed by atoms with Gasteiger partial charge in [0.15, 0.2) is 0 Å². The van der Waals surface area contributed by atoms with Gasteiger partial charge >= 0.3 is 11.7 Å². The maximum Gasteiger partial charge on any atom is 0.337 e. The molecule has 0 fully saturated rings. The molecule has 1 aliphatic heterocycles. The first-order valence-electron chi connectivity index (χ1n) is 8.19. The van der Waals surface area contributed by atoms with Gasteiger partial charge in [0, 0.05) is 18.2 Å². The van der Waals surface area contributed by atoms with Gasteiger partial charge in [-0.05, 0) is 6.92 Å². The summed E-state index contributed by atoms with van der Waals surface area (Å²) < 4.78 is 15.2. The van der Waals surface area contributed by atoms with Gasteiger partial charge in [0.05, 0.1) is 50.7 Å². The number of β-amino-alcohol motifs (C(OH)–C–C–N with tert-alkyl or cyclic N) is 1. The van der Waals surface area contributed by atoms with Crippen LogP contribution >= 0.6 is 0 Å². The van der Waals surface area contributed by atoms with Crippen LogP contribution in [-0.4, -0.2) is 67.8 Å². The number of hydrogen-bond acceptors (Lipinski definition) is 9. The minimum atomic E-state index is -0.727. The van der Waals surface area contributed by atoms with Gasteiger partial charge in [0.2, 0.25) is 5.75 Å². The lowest BCUT2D eigenvalue weighted by Crippen LogP contribution is -2.31. The Morgan fingerprint density at radius 3 is 2.46 bits per heavy atom. The number of ether oxygens (including phenoxy) is 3. The Morgan fingerprint density at radius 1 is 1.32 bits per heavy atom. The summed E-state index contributed by atoms with van der Waals surface area (Å²) in [5, 5.41) is 23.3. The molecule has 1 amide bonds. The number of benzene rings is 1. The highest BCUT2D eigenvalue weighted by Crippen LogP contribution is 2.43. The van der Waals surface area contributed by atoms with Crippen molar-refractivity contribution in [2.24, 2.45) is 0 Å². The van der Waals surface area contributed by atoms with Crippen molar-refractivity contribution in [3.63, 3.8) is 0 Å². The fraction of sp³-hybridized carbons (Fsp3) is 0.412. The van der Waals surface area contributed by atoms with E-state index in [2.05, 4.69) is 5.32 Å². The number of aliphatic hydroxyl groups is 1. The van der Waals surface area contributed by atoms with E-state index < -0.39 is 16.8 Å². The van der Waals surface area contributed by atoms with E-state index in [0.717, 1.165) is 6.07 Å². The molecule has 0 unspecified atom stereocenters. The highest BCUT2D eigenvalue weighted by Gasteiger charge is 2.35. The van der Waals surface area contributed by atoms with Crippen molar-refractivity contribution in [1.82, 2.24) is 4.90 Å². The average Bonchev–Trinajstić information content (AvgIpc) is 2.97. The molecule has 0 bridgehead atoms. The molecule has 152 valence electrons. The van der Waals surface area contributed by atoms with Crippen LogP contribution in [0.2, 0.25) is 0 Å². The van der Waals surface area contributed by atoms with E-state index in [1.54, 1.807) is 6.92 Å². The number of hydrogen-bond donors (Lipinski definition) is 2. The molecule has 0 aliphatic carbocycles. The Hall–Kier alpha value is -3.34. The van der Waals surface area contributed by atoms with Crippen LogP contribution in [0.1, 0.15) is 5.56 Å². The molecule has 1 aromatic carbocycles. The van der Waals surface area contributed by atoms with Crippen LogP contribution in [0.25, 0.3) is 0 Å². The lowest BCUT2D eigenvalue weighted by molar-refractivity contribution is -0.385. The Morgan fingerprint density at radius 2 is 1.96 bits per heavy atom. The number of carbonyl (C=O) groups is 2. The minimum Gasteiger partial charge on any atom is -0.494 e. The third kappa shape index (κ3) is 3.69. The molecule has 0 radical (unpaired) electrons. The van der Waals surface area contributed by atoms with E-state index in [9.17, 15) is 19.7 Å². The SMILES string of the molecule is COC(=O)C1=C(Nc2cc([N+](=O)[O-])c(OC)c(C)c2OC)C(=O)N(CCO)C1. The van der Waals surface area contributed by atoms with E-state index in [4.69, 9.17) is 19.3 Å². The molecule has 2 rings (SSSR count). The first-order chi connectivity index (χ1) is 13.3. The number of nitro groups is 1. The number of amides is 1. The first-order valence-corrected chi connectivity index (χ1v) is 8.19. The van der Waals surface area contributed by atoms with Gasteiger partial charge in [-0.25, -0.2) is 4.79 Å². The molecule has 0 saturated carbocycles. The zero-order valence-corrected chi connectivity index (χ0v) is 15.9. The summed E-state index contributed by atoms with van der Waals surface area (Å²) in [5.74, 6) is -1.04. The van der Waals surface area contributed by atoms with Gasteiger partial charge in [0.1, 0.15) is 11.4 Å². The number of esters is 1. The Bertz CT molecular complexity index is 849. The van der Waals surface area contributed by atoms with Crippen molar-refractivity contribution in [2.75, 3.05) is 46.3 Å². The number of anilines is 1. The fourth-order valence-electron chi connectivity index (χ4n) is 3.00. The lowest BCUT2D eigenvalue weighted by atomic mass is 10.1. The molecule has 28 heavy (non-hydrogen) atoms. The minimum absolute atomic E-state index is 0.0173. The largest absolute Gasteiger partial charge is 0.494 e. The normalized spacial score (nSPS) is 13.6. The van der Waals surface area contributed by atoms with E-state index in [0.29, 0.717) is 5.56 Å². The van der Waals surface area contributed by atoms with Gasteiger partial charge in [-0.2, -0.15) is 0 Å². The third-order valence-corrected chi connectivity index (χ3v) is 4.26. The van der Waals surface area contributed by atoms with Crippen molar-refractivity contribution in [3.05, 3.63) is 33.0 Å². The quantitative estimate of drug-likeness (QED) is 0.367. The number of rotatable bonds is 8. The molecule has 0 spiro atoms. The summed E-state index contributed by atoms with van der Waals surface area (Å²) in [6, 6.07) is 1.16. The molecule has 11 heteroatoms. The smallest absolute Gasteiger partial charge is 0.337 e. The molecule has 1 aliphatic rings. The third-order valence-electron chi connectivity index (χ3n) is 4.26. The summed E-state index contributed by atoms with van der Waals surface area (Å²) in [6.07, 6.45) is 0. The van der Waals surface area contributed by atoms with Crippen LogP contribution in [-0.2, 0) is 14.3 Å². The van der Waals surface area contributed by atoms with Crippen LogP contribution < -0.4 is 14.8 Å². The van der Waals surface area contributed by atoms with Crippen LogP contribution in [0.3, 0.4) is 0 Å². The van der Waals surface area contributed by atoms with E-state index >= 15 is 0 Å². The van der Waals surface area contributed by atoms with Crippen LogP contribution in [0.15, 0.2) is 17.3 Å². The number of aliphatic hydroxyl groups excluding tert-OH is 1. The number of nitrogens with zero attached hydrogens (tertiary/aromatic N) is 2. The number of nitro benzene ring substituents is 1. The zero-order valence-electron chi connectivity index (χ0n) is 15.9. The monoisotopic (exact) mass is 395 g/mol.